The van der Waals surface area contributed by atoms with Crippen LogP contribution in [0.15, 0.2) is 24.3 Å². The van der Waals surface area contributed by atoms with Crippen molar-refractivity contribution in [2.45, 2.75) is 51.7 Å². The number of aromatic nitrogens is 2. The molecule has 2 aromatic rings. The molecule has 1 aliphatic heterocycles. The van der Waals surface area contributed by atoms with Gasteiger partial charge >= 0.3 is 0 Å². The zero-order chi connectivity index (χ0) is 16.5. The topological polar surface area (TPSA) is 61.0 Å². The van der Waals surface area contributed by atoms with E-state index in [4.69, 9.17) is 0 Å². The molecule has 134 valence electrons. The summed E-state index contributed by atoms with van der Waals surface area (Å²) >= 11 is 0. The summed E-state index contributed by atoms with van der Waals surface area (Å²) in [5.74, 6) is 0.0678. The summed E-state index contributed by atoms with van der Waals surface area (Å²) in [5.41, 5.74) is 5.29. The van der Waals surface area contributed by atoms with Crippen LogP contribution in [0.3, 0.4) is 0 Å². The number of carbonyl (C=O) groups is 1. The standard InChI is InChI=1S/C19H24N4O.ClH/c1-2-13-3-5-14(6-4-13)12-23(15-7-8-15)19(24)18-16-11-20-10-9-17(16)21-22-18;/h3-6,15,20H,2,7-12H2,1H3,(H,21,22);1H. The average Bonchev–Trinajstić information content (AvgIpc) is 3.38. The van der Waals surface area contributed by atoms with Gasteiger partial charge in [-0.2, -0.15) is 5.10 Å². The van der Waals surface area contributed by atoms with Gasteiger partial charge in [0.05, 0.1) is 0 Å². The zero-order valence-corrected chi connectivity index (χ0v) is 15.4. The van der Waals surface area contributed by atoms with E-state index in [0.29, 0.717) is 18.3 Å². The molecule has 4 rings (SSSR count). The third kappa shape index (κ3) is 3.72. The van der Waals surface area contributed by atoms with Crippen LogP contribution in [-0.4, -0.2) is 33.6 Å². The lowest BCUT2D eigenvalue weighted by Gasteiger charge is -2.23. The molecule has 2 heterocycles. The first kappa shape index (κ1) is 18.0. The zero-order valence-electron chi connectivity index (χ0n) is 14.5. The Kier molecular flexibility index (Phi) is 5.45. The number of carbonyl (C=O) groups excluding carboxylic acids is 1. The van der Waals surface area contributed by atoms with Gasteiger partial charge in [0.15, 0.2) is 5.69 Å². The molecule has 0 atom stereocenters. The lowest BCUT2D eigenvalue weighted by Crippen LogP contribution is -2.34. The van der Waals surface area contributed by atoms with E-state index in [-0.39, 0.29) is 18.3 Å². The van der Waals surface area contributed by atoms with Gasteiger partial charge in [-0.15, -0.1) is 12.4 Å². The molecule has 0 radical (unpaired) electrons. The monoisotopic (exact) mass is 360 g/mol. The highest BCUT2D eigenvalue weighted by Crippen LogP contribution is 2.30. The molecule has 0 unspecified atom stereocenters. The van der Waals surface area contributed by atoms with E-state index in [1.54, 1.807) is 0 Å². The van der Waals surface area contributed by atoms with Crippen molar-refractivity contribution in [2.24, 2.45) is 0 Å². The van der Waals surface area contributed by atoms with Gasteiger partial charge in [0.25, 0.3) is 5.91 Å². The van der Waals surface area contributed by atoms with Crippen molar-refractivity contribution in [1.29, 1.82) is 0 Å². The van der Waals surface area contributed by atoms with Gasteiger partial charge in [-0.05, 0) is 30.4 Å². The average molecular weight is 361 g/mol. The van der Waals surface area contributed by atoms with Crippen LogP contribution in [0.1, 0.15) is 52.6 Å². The van der Waals surface area contributed by atoms with Crippen LogP contribution < -0.4 is 5.32 Å². The number of fused-ring (bicyclic) bond motifs is 1. The van der Waals surface area contributed by atoms with Crippen LogP contribution in [0.25, 0.3) is 0 Å². The summed E-state index contributed by atoms with van der Waals surface area (Å²) in [6, 6.07) is 8.97. The van der Waals surface area contributed by atoms with Crippen molar-refractivity contribution >= 4 is 18.3 Å². The lowest BCUT2D eigenvalue weighted by molar-refractivity contribution is 0.0722. The fourth-order valence-corrected chi connectivity index (χ4v) is 3.37. The van der Waals surface area contributed by atoms with E-state index in [9.17, 15) is 4.79 Å². The van der Waals surface area contributed by atoms with Crippen molar-refractivity contribution in [3.05, 3.63) is 52.3 Å². The lowest BCUT2D eigenvalue weighted by atomic mass is 10.1. The molecule has 1 aliphatic carbocycles. The molecule has 1 aromatic heterocycles. The minimum absolute atomic E-state index is 0. The van der Waals surface area contributed by atoms with Crippen LogP contribution in [0.4, 0.5) is 0 Å². The third-order valence-corrected chi connectivity index (χ3v) is 5.04. The molecule has 0 saturated heterocycles. The Labute approximate surface area is 154 Å². The number of hydrogen-bond acceptors (Lipinski definition) is 3. The van der Waals surface area contributed by atoms with Crippen LogP contribution in [0.5, 0.6) is 0 Å². The van der Waals surface area contributed by atoms with Crippen LogP contribution in [-0.2, 0) is 25.9 Å². The first-order chi connectivity index (χ1) is 11.8. The van der Waals surface area contributed by atoms with Gasteiger partial charge in [0, 0.05) is 43.4 Å². The maximum absolute atomic E-state index is 13.1. The fraction of sp³-hybridized carbons (Fsp3) is 0.474. The number of nitrogens with one attached hydrogen (secondary N) is 2. The van der Waals surface area contributed by atoms with Gasteiger partial charge in [-0.1, -0.05) is 31.2 Å². The van der Waals surface area contributed by atoms with Crippen LogP contribution in [0, 0.1) is 0 Å². The highest BCUT2D eigenvalue weighted by molar-refractivity contribution is 5.94. The predicted octanol–water partition coefficient (Wildman–Crippen LogP) is 2.84. The number of H-pyrrole nitrogens is 1. The minimum Gasteiger partial charge on any atom is -0.330 e. The maximum Gasteiger partial charge on any atom is 0.275 e. The van der Waals surface area contributed by atoms with E-state index in [1.807, 2.05) is 4.90 Å². The molecule has 2 N–H and O–H groups in total. The predicted molar refractivity (Wildman–Crippen MR) is 100.0 cm³/mol. The summed E-state index contributed by atoms with van der Waals surface area (Å²) in [5, 5.41) is 10.7. The van der Waals surface area contributed by atoms with Crippen LogP contribution >= 0.6 is 12.4 Å². The molecule has 1 amide bonds. The smallest absolute Gasteiger partial charge is 0.275 e. The Morgan fingerprint density at radius 2 is 1.96 bits per heavy atom. The molecular weight excluding hydrogens is 336 g/mol. The SMILES string of the molecule is CCc1ccc(CN(C(=O)c2n[nH]c3c2CNCC3)C2CC2)cc1.Cl. The Morgan fingerprint density at radius 1 is 1.24 bits per heavy atom. The summed E-state index contributed by atoms with van der Waals surface area (Å²) in [6.07, 6.45) is 4.16. The second kappa shape index (κ2) is 7.58. The molecular formula is C19H25ClN4O. The Morgan fingerprint density at radius 3 is 2.64 bits per heavy atom. The van der Waals surface area contributed by atoms with E-state index >= 15 is 0 Å². The molecule has 25 heavy (non-hydrogen) atoms. The summed E-state index contributed by atoms with van der Waals surface area (Å²) in [7, 11) is 0. The summed E-state index contributed by atoms with van der Waals surface area (Å²) in [4.78, 5) is 15.1. The van der Waals surface area contributed by atoms with E-state index in [0.717, 1.165) is 50.0 Å². The highest BCUT2D eigenvalue weighted by atomic mass is 35.5. The van der Waals surface area contributed by atoms with Crippen molar-refractivity contribution in [3.63, 3.8) is 0 Å². The number of benzene rings is 1. The van der Waals surface area contributed by atoms with Crippen molar-refractivity contribution < 1.29 is 4.79 Å². The molecule has 1 aromatic carbocycles. The number of aryl methyl sites for hydroxylation is 1. The third-order valence-electron chi connectivity index (χ3n) is 5.04. The van der Waals surface area contributed by atoms with E-state index in [2.05, 4.69) is 46.7 Å². The number of aromatic amines is 1. The normalized spacial score (nSPS) is 16.0. The molecule has 1 saturated carbocycles. The molecule has 0 spiro atoms. The molecule has 6 heteroatoms. The van der Waals surface area contributed by atoms with Gasteiger partial charge < -0.3 is 10.2 Å². The van der Waals surface area contributed by atoms with E-state index < -0.39 is 0 Å². The maximum atomic E-state index is 13.1. The Hall–Kier alpha value is -1.85. The Balaban J connectivity index is 0.00000182. The second-order valence-electron chi connectivity index (χ2n) is 6.79. The van der Waals surface area contributed by atoms with Crippen molar-refractivity contribution in [2.75, 3.05) is 6.54 Å². The highest BCUT2D eigenvalue weighted by Gasteiger charge is 2.35. The quantitative estimate of drug-likeness (QED) is 0.861. The number of rotatable bonds is 5. The number of amides is 1. The molecule has 5 nitrogen and oxygen atoms in total. The Bertz CT molecular complexity index is 736. The van der Waals surface area contributed by atoms with Crippen molar-refractivity contribution in [1.82, 2.24) is 20.4 Å². The molecule has 1 fully saturated rings. The number of halogens is 1. The first-order valence-corrected chi connectivity index (χ1v) is 8.92. The largest absolute Gasteiger partial charge is 0.330 e. The summed E-state index contributed by atoms with van der Waals surface area (Å²) < 4.78 is 0. The van der Waals surface area contributed by atoms with Gasteiger partial charge in [-0.25, -0.2) is 0 Å². The molecule has 0 bridgehead atoms. The second-order valence-corrected chi connectivity index (χ2v) is 6.79. The minimum atomic E-state index is 0. The first-order valence-electron chi connectivity index (χ1n) is 8.92. The van der Waals surface area contributed by atoms with Gasteiger partial charge in [-0.3, -0.25) is 9.89 Å². The number of hydrogen-bond donors (Lipinski definition) is 2. The van der Waals surface area contributed by atoms with Crippen LogP contribution in [0.2, 0.25) is 0 Å². The summed E-state index contributed by atoms with van der Waals surface area (Å²) in [6.45, 7) is 4.50. The van der Waals surface area contributed by atoms with Crippen molar-refractivity contribution in [3.8, 4) is 0 Å². The number of nitrogens with zero attached hydrogens (tertiary/aromatic N) is 2. The fourth-order valence-electron chi connectivity index (χ4n) is 3.37. The van der Waals surface area contributed by atoms with E-state index in [1.165, 1.54) is 11.1 Å². The van der Waals surface area contributed by atoms with Gasteiger partial charge in [0.2, 0.25) is 0 Å². The van der Waals surface area contributed by atoms with Gasteiger partial charge in [0.1, 0.15) is 0 Å². The molecule has 2 aliphatic rings.